The Hall–Kier alpha value is -1.88. The predicted molar refractivity (Wildman–Crippen MR) is 78.5 cm³/mol. The molecule has 0 radical (unpaired) electrons. The fraction of sp³-hybridized carbons (Fsp3) is 0.467. The second kappa shape index (κ2) is 6.05. The lowest BCUT2D eigenvalue weighted by atomic mass is 10.1. The minimum Gasteiger partial charge on any atom is -0.485 e. The molecular weight excluding hydrogens is 252 g/mol. The Labute approximate surface area is 119 Å². The minimum absolute atomic E-state index is 0.0341. The van der Waals surface area contributed by atoms with Crippen LogP contribution in [0.15, 0.2) is 24.5 Å². The van der Waals surface area contributed by atoms with Gasteiger partial charge >= 0.3 is 0 Å². The first-order valence-electron chi connectivity index (χ1n) is 6.86. The largest absolute Gasteiger partial charge is 0.485 e. The van der Waals surface area contributed by atoms with E-state index < -0.39 is 0 Å². The van der Waals surface area contributed by atoms with Gasteiger partial charge in [0.05, 0.1) is 0 Å². The normalized spacial score (nSPS) is 12.7. The van der Waals surface area contributed by atoms with Gasteiger partial charge in [-0.2, -0.15) is 5.10 Å². The van der Waals surface area contributed by atoms with Crippen LogP contribution >= 0.6 is 0 Å². The molecule has 2 rings (SSSR count). The Morgan fingerprint density at radius 2 is 2.05 bits per heavy atom. The number of aryl methyl sites for hydroxylation is 1. The van der Waals surface area contributed by atoms with E-state index >= 15 is 0 Å². The molecular formula is C15H22N4O. The summed E-state index contributed by atoms with van der Waals surface area (Å²) in [4.78, 5) is 4.23. The average molecular weight is 274 g/mol. The summed E-state index contributed by atoms with van der Waals surface area (Å²) in [6.45, 7) is 8.55. The first-order valence-corrected chi connectivity index (χ1v) is 6.86. The first kappa shape index (κ1) is 14.5. The van der Waals surface area contributed by atoms with Crippen LogP contribution in [0.5, 0.6) is 5.75 Å². The SMILES string of the molecule is Cc1cc(C(C)N)ccc1OCc1ncnn1C(C)C. The highest BCUT2D eigenvalue weighted by Crippen LogP contribution is 2.22. The molecule has 108 valence electrons. The predicted octanol–water partition coefficient (Wildman–Crippen LogP) is 2.77. The van der Waals surface area contributed by atoms with Crippen LogP contribution in [0.25, 0.3) is 0 Å². The van der Waals surface area contributed by atoms with Gasteiger partial charge in [-0.3, -0.25) is 0 Å². The van der Waals surface area contributed by atoms with Crippen molar-refractivity contribution < 1.29 is 4.74 Å². The van der Waals surface area contributed by atoms with E-state index in [1.807, 2.05) is 30.7 Å². The number of ether oxygens (including phenoxy) is 1. The highest BCUT2D eigenvalue weighted by molar-refractivity contribution is 5.37. The number of nitrogens with zero attached hydrogens (tertiary/aromatic N) is 3. The molecule has 1 aromatic carbocycles. The zero-order valence-electron chi connectivity index (χ0n) is 12.5. The molecule has 0 saturated carbocycles. The number of benzene rings is 1. The van der Waals surface area contributed by atoms with E-state index in [2.05, 4.69) is 30.0 Å². The van der Waals surface area contributed by atoms with Crippen molar-refractivity contribution in [2.24, 2.45) is 5.73 Å². The minimum atomic E-state index is 0.0341. The molecule has 1 unspecified atom stereocenters. The van der Waals surface area contributed by atoms with Crippen molar-refractivity contribution in [1.29, 1.82) is 0 Å². The lowest BCUT2D eigenvalue weighted by Gasteiger charge is -2.13. The second-order valence-corrected chi connectivity index (χ2v) is 5.32. The summed E-state index contributed by atoms with van der Waals surface area (Å²) in [5.74, 6) is 1.68. The van der Waals surface area contributed by atoms with E-state index in [0.717, 1.165) is 22.7 Å². The van der Waals surface area contributed by atoms with Gasteiger partial charge in [-0.05, 0) is 44.9 Å². The summed E-state index contributed by atoms with van der Waals surface area (Å²) in [5, 5.41) is 4.20. The molecule has 0 aliphatic carbocycles. The van der Waals surface area contributed by atoms with E-state index in [1.54, 1.807) is 6.33 Å². The average Bonchev–Trinajstić information content (AvgIpc) is 2.85. The molecule has 0 bridgehead atoms. The van der Waals surface area contributed by atoms with Crippen LogP contribution in [0.4, 0.5) is 0 Å². The molecule has 1 atom stereocenters. The van der Waals surface area contributed by atoms with Crippen molar-refractivity contribution in [3.8, 4) is 5.75 Å². The number of hydrogen-bond acceptors (Lipinski definition) is 4. The third-order valence-electron chi connectivity index (χ3n) is 3.22. The quantitative estimate of drug-likeness (QED) is 0.910. The van der Waals surface area contributed by atoms with Crippen LogP contribution < -0.4 is 10.5 Å². The molecule has 5 heteroatoms. The Morgan fingerprint density at radius 3 is 2.65 bits per heavy atom. The van der Waals surface area contributed by atoms with E-state index in [-0.39, 0.29) is 12.1 Å². The fourth-order valence-corrected chi connectivity index (χ4v) is 2.07. The van der Waals surface area contributed by atoms with Gasteiger partial charge < -0.3 is 10.5 Å². The number of aromatic nitrogens is 3. The van der Waals surface area contributed by atoms with Crippen molar-refractivity contribution in [1.82, 2.24) is 14.8 Å². The zero-order valence-corrected chi connectivity index (χ0v) is 12.5. The Morgan fingerprint density at radius 1 is 1.30 bits per heavy atom. The standard InChI is InChI=1S/C15H22N4O/c1-10(2)19-15(17-9-18-19)8-20-14-6-5-13(12(4)16)7-11(14)3/h5-7,9-10,12H,8,16H2,1-4H3. The third-order valence-corrected chi connectivity index (χ3v) is 3.22. The smallest absolute Gasteiger partial charge is 0.165 e. The Kier molecular flexibility index (Phi) is 4.39. The van der Waals surface area contributed by atoms with Crippen LogP contribution in [0.3, 0.4) is 0 Å². The summed E-state index contributed by atoms with van der Waals surface area (Å²) in [6.07, 6.45) is 1.56. The molecule has 20 heavy (non-hydrogen) atoms. The summed E-state index contributed by atoms with van der Waals surface area (Å²) in [6, 6.07) is 6.33. The summed E-state index contributed by atoms with van der Waals surface area (Å²) in [7, 11) is 0. The molecule has 2 N–H and O–H groups in total. The van der Waals surface area contributed by atoms with Gasteiger partial charge in [0.1, 0.15) is 18.7 Å². The second-order valence-electron chi connectivity index (χ2n) is 5.32. The molecule has 1 aromatic heterocycles. The first-order chi connectivity index (χ1) is 9.49. The topological polar surface area (TPSA) is 66.0 Å². The van der Waals surface area contributed by atoms with E-state index in [4.69, 9.17) is 10.5 Å². The van der Waals surface area contributed by atoms with Crippen LogP contribution in [0.1, 0.15) is 49.8 Å². The van der Waals surface area contributed by atoms with Crippen molar-refractivity contribution >= 4 is 0 Å². The highest BCUT2D eigenvalue weighted by Gasteiger charge is 2.09. The van der Waals surface area contributed by atoms with Gasteiger partial charge in [0.25, 0.3) is 0 Å². The van der Waals surface area contributed by atoms with Crippen LogP contribution in [-0.2, 0) is 6.61 Å². The van der Waals surface area contributed by atoms with Gasteiger partial charge in [-0.25, -0.2) is 9.67 Å². The molecule has 0 aliphatic heterocycles. The van der Waals surface area contributed by atoms with Crippen molar-refractivity contribution in [3.63, 3.8) is 0 Å². The maximum absolute atomic E-state index is 5.87. The maximum atomic E-state index is 5.87. The summed E-state index contributed by atoms with van der Waals surface area (Å²) in [5.41, 5.74) is 8.06. The van der Waals surface area contributed by atoms with Crippen molar-refractivity contribution in [2.75, 3.05) is 0 Å². The van der Waals surface area contributed by atoms with E-state index in [0.29, 0.717) is 6.61 Å². The summed E-state index contributed by atoms with van der Waals surface area (Å²) >= 11 is 0. The van der Waals surface area contributed by atoms with Gasteiger partial charge in [0.2, 0.25) is 0 Å². The number of nitrogens with two attached hydrogens (primary N) is 1. The third kappa shape index (κ3) is 3.17. The van der Waals surface area contributed by atoms with Crippen molar-refractivity contribution in [3.05, 3.63) is 41.5 Å². The van der Waals surface area contributed by atoms with E-state index in [9.17, 15) is 0 Å². The monoisotopic (exact) mass is 274 g/mol. The van der Waals surface area contributed by atoms with Gasteiger partial charge in [-0.15, -0.1) is 0 Å². The number of rotatable bonds is 5. The number of hydrogen-bond donors (Lipinski definition) is 1. The van der Waals surface area contributed by atoms with Gasteiger partial charge in [0.15, 0.2) is 5.82 Å². The fourth-order valence-electron chi connectivity index (χ4n) is 2.07. The molecule has 0 fully saturated rings. The molecule has 0 aliphatic rings. The Bertz CT molecular complexity index is 575. The molecule has 0 spiro atoms. The van der Waals surface area contributed by atoms with Crippen LogP contribution in [0, 0.1) is 6.92 Å². The Balaban J connectivity index is 2.09. The maximum Gasteiger partial charge on any atom is 0.165 e. The van der Waals surface area contributed by atoms with Gasteiger partial charge in [-0.1, -0.05) is 12.1 Å². The van der Waals surface area contributed by atoms with Crippen LogP contribution in [0.2, 0.25) is 0 Å². The molecule has 5 nitrogen and oxygen atoms in total. The zero-order chi connectivity index (χ0) is 14.7. The van der Waals surface area contributed by atoms with Crippen molar-refractivity contribution in [2.45, 2.75) is 46.4 Å². The molecule has 0 saturated heterocycles. The van der Waals surface area contributed by atoms with E-state index in [1.165, 1.54) is 0 Å². The molecule has 2 aromatic rings. The van der Waals surface area contributed by atoms with Crippen LogP contribution in [-0.4, -0.2) is 14.8 Å². The lowest BCUT2D eigenvalue weighted by molar-refractivity contribution is 0.280. The van der Waals surface area contributed by atoms with Gasteiger partial charge in [0, 0.05) is 12.1 Å². The molecule has 1 heterocycles. The summed E-state index contributed by atoms with van der Waals surface area (Å²) < 4.78 is 7.71. The highest BCUT2D eigenvalue weighted by atomic mass is 16.5. The molecule has 0 amide bonds. The lowest BCUT2D eigenvalue weighted by Crippen LogP contribution is -2.11.